The van der Waals surface area contributed by atoms with Crippen molar-refractivity contribution in [3.63, 3.8) is 0 Å². The van der Waals surface area contributed by atoms with Gasteiger partial charge in [0, 0.05) is 16.7 Å². The van der Waals surface area contributed by atoms with Gasteiger partial charge in [-0.25, -0.2) is 0 Å². The molecule has 0 heterocycles. The molecule has 2 unspecified atom stereocenters. The van der Waals surface area contributed by atoms with Gasteiger partial charge in [0.05, 0.1) is 55.9 Å². The maximum atomic E-state index is 12.8. The van der Waals surface area contributed by atoms with Crippen molar-refractivity contribution >= 4 is 91.1 Å². The molecular formula is C17H22I3N3O7. The summed E-state index contributed by atoms with van der Waals surface area (Å²) < 4.78 is 1.29. The van der Waals surface area contributed by atoms with Crippen molar-refractivity contribution in [2.75, 3.05) is 38.2 Å². The average molecular weight is 761 g/mol. The number of hydrogen-bond acceptors (Lipinski definition) is 8. The number of nitrogens with one attached hydrogen (secondary N) is 3. The number of amides is 2. The molecule has 2 amide bonds. The SMILES string of the molecule is CC(=O)CNc1c(I)c(C(=O)NCC(O)CO)c(I)c(C(=O)NCC(O)CO)c1I. The number of carbonyl (C=O) groups excluding carboxylic acids is 3. The lowest BCUT2D eigenvalue weighted by Crippen LogP contribution is -2.37. The third-order valence-corrected chi connectivity index (χ3v) is 6.94. The summed E-state index contributed by atoms with van der Waals surface area (Å²) in [5.74, 6) is -1.28. The largest absolute Gasteiger partial charge is 0.394 e. The van der Waals surface area contributed by atoms with Gasteiger partial charge >= 0.3 is 0 Å². The number of aliphatic hydroxyl groups excluding tert-OH is 4. The van der Waals surface area contributed by atoms with Gasteiger partial charge in [0.15, 0.2) is 0 Å². The first-order valence-electron chi connectivity index (χ1n) is 8.63. The van der Waals surface area contributed by atoms with Gasteiger partial charge in [-0.15, -0.1) is 0 Å². The van der Waals surface area contributed by atoms with Crippen LogP contribution in [0.1, 0.15) is 27.6 Å². The second-order valence-corrected chi connectivity index (χ2v) is 9.45. The van der Waals surface area contributed by atoms with Gasteiger partial charge in [-0.3, -0.25) is 14.4 Å². The Labute approximate surface area is 214 Å². The summed E-state index contributed by atoms with van der Waals surface area (Å²) in [5, 5.41) is 44.8. The topological polar surface area (TPSA) is 168 Å². The summed E-state index contributed by atoms with van der Waals surface area (Å²) in [5.41, 5.74) is 0.758. The van der Waals surface area contributed by atoms with Crippen LogP contribution < -0.4 is 16.0 Å². The van der Waals surface area contributed by atoms with Crippen LogP contribution in [0.2, 0.25) is 0 Å². The minimum atomic E-state index is -1.13. The van der Waals surface area contributed by atoms with Crippen molar-refractivity contribution in [3.8, 4) is 0 Å². The average Bonchev–Trinajstić information content (AvgIpc) is 2.69. The molecule has 0 aliphatic carbocycles. The van der Waals surface area contributed by atoms with Crippen molar-refractivity contribution in [2.45, 2.75) is 19.1 Å². The molecule has 7 N–H and O–H groups in total. The summed E-state index contributed by atoms with van der Waals surface area (Å²) in [6.45, 7) is -0.0307. The number of aliphatic hydroxyl groups is 4. The number of benzene rings is 1. The molecule has 0 aromatic heterocycles. The van der Waals surface area contributed by atoms with E-state index in [9.17, 15) is 24.6 Å². The summed E-state index contributed by atoms with van der Waals surface area (Å²) in [6.07, 6.45) is -2.27. The molecular weight excluding hydrogens is 739 g/mol. The molecule has 0 radical (unpaired) electrons. The molecule has 0 saturated heterocycles. The Hall–Kier alpha value is -0.340. The van der Waals surface area contributed by atoms with Crippen LogP contribution in [0, 0.1) is 10.7 Å². The molecule has 0 saturated carbocycles. The van der Waals surface area contributed by atoms with Crippen molar-refractivity contribution in [1.29, 1.82) is 0 Å². The molecule has 0 aliphatic heterocycles. The predicted octanol–water partition coefficient (Wildman–Crippen LogP) is -0.333. The van der Waals surface area contributed by atoms with E-state index in [-0.39, 0.29) is 36.5 Å². The molecule has 0 fully saturated rings. The van der Waals surface area contributed by atoms with Crippen LogP contribution in [0.3, 0.4) is 0 Å². The highest BCUT2D eigenvalue weighted by molar-refractivity contribution is 14.1. The Morgan fingerprint density at radius 1 is 0.833 bits per heavy atom. The molecule has 0 aliphatic rings. The Morgan fingerprint density at radius 2 is 1.23 bits per heavy atom. The highest BCUT2D eigenvalue weighted by Crippen LogP contribution is 2.35. The lowest BCUT2D eigenvalue weighted by molar-refractivity contribution is -0.115. The Balaban J connectivity index is 3.44. The molecule has 168 valence electrons. The lowest BCUT2D eigenvalue weighted by Gasteiger charge is -2.20. The molecule has 1 aromatic carbocycles. The monoisotopic (exact) mass is 761 g/mol. The number of rotatable bonds is 11. The van der Waals surface area contributed by atoms with Gasteiger partial charge in [0.1, 0.15) is 5.78 Å². The highest BCUT2D eigenvalue weighted by Gasteiger charge is 2.28. The van der Waals surface area contributed by atoms with E-state index in [2.05, 4.69) is 16.0 Å². The maximum Gasteiger partial charge on any atom is 0.253 e. The van der Waals surface area contributed by atoms with Gasteiger partial charge < -0.3 is 36.4 Å². The number of ketones is 1. The number of Topliss-reactive ketones (excluding diaryl/α,β-unsaturated/α-hetero) is 1. The third kappa shape index (κ3) is 7.66. The van der Waals surface area contributed by atoms with E-state index in [0.717, 1.165) is 0 Å². The molecule has 30 heavy (non-hydrogen) atoms. The van der Waals surface area contributed by atoms with E-state index in [0.29, 0.717) is 16.4 Å². The van der Waals surface area contributed by atoms with Gasteiger partial charge in [0.25, 0.3) is 11.8 Å². The molecule has 13 heteroatoms. The Morgan fingerprint density at radius 3 is 1.57 bits per heavy atom. The smallest absolute Gasteiger partial charge is 0.253 e. The van der Waals surface area contributed by atoms with E-state index in [1.54, 1.807) is 0 Å². The van der Waals surface area contributed by atoms with Crippen LogP contribution >= 0.6 is 67.8 Å². The minimum Gasteiger partial charge on any atom is -0.394 e. The fraction of sp³-hybridized carbons (Fsp3) is 0.471. The van der Waals surface area contributed by atoms with Gasteiger partial charge in [-0.2, -0.15) is 0 Å². The van der Waals surface area contributed by atoms with Crippen LogP contribution in [0.4, 0.5) is 5.69 Å². The quantitative estimate of drug-likeness (QED) is 0.151. The fourth-order valence-electron chi connectivity index (χ4n) is 2.16. The van der Waals surface area contributed by atoms with Crippen LogP contribution in [0.5, 0.6) is 0 Å². The van der Waals surface area contributed by atoms with Crippen molar-refractivity contribution < 1.29 is 34.8 Å². The molecule has 0 bridgehead atoms. The molecule has 1 aromatic rings. The summed E-state index contributed by atoms with van der Waals surface area (Å²) in [7, 11) is 0. The highest BCUT2D eigenvalue weighted by atomic mass is 127. The fourth-order valence-corrected chi connectivity index (χ4v) is 6.69. The second kappa shape index (κ2) is 13.3. The molecule has 1 rings (SSSR count). The summed E-state index contributed by atoms with van der Waals surface area (Å²) in [6, 6.07) is 0. The van der Waals surface area contributed by atoms with Crippen LogP contribution in [-0.4, -0.2) is 83.1 Å². The van der Waals surface area contributed by atoms with E-state index in [1.165, 1.54) is 6.92 Å². The lowest BCUT2D eigenvalue weighted by atomic mass is 10.1. The van der Waals surface area contributed by atoms with Gasteiger partial charge in [0.2, 0.25) is 0 Å². The summed E-state index contributed by atoms with van der Waals surface area (Å²) >= 11 is 5.74. The Bertz CT molecular complexity index is 754. The minimum absolute atomic E-state index is 0.0127. The molecule has 10 nitrogen and oxygen atoms in total. The van der Waals surface area contributed by atoms with Gasteiger partial charge in [-0.05, 0) is 74.7 Å². The first kappa shape index (κ1) is 27.7. The number of anilines is 1. The van der Waals surface area contributed by atoms with E-state index in [1.807, 2.05) is 67.8 Å². The van der Waals surface area contributed by atoms with E-state index >= 15 is 0 Å². The second-order valence-electron chi connectivity index (χ2n) is 6.22. The molecule has 2 atom stereocenters. The number of halogens is 3. The van der Waals surface area contributed by atoms with Crippen LogP contribution in [-0.2, 0) is 4.79 Å². The standard InChI is InChI=1S/C17H22I3N3O7/c1-7(26)2-21-15-13(19)10(16(29)22-3-8(27)5-24)12(18)11(14(15)20)17(30)23-4-9(28)6-25/h8-9,21,24-25,27-28H,2-6H2,1H3,(H,22,29)(H,23,30). The van der Waals surface area contributed by atoms with E-state index in [4.69, 9.17) is 10.2 Å². The van der Waals surface area contributed by atoms with Crippen LogP contribution in [0.25, 0.3) is 0 Å². The van der Waals surface area contributed by atoms with Crippen molar-refractivity contribution in [1.82, 2.24) is 10.6 Å². The van der Waals surface area contributed by atoms with E-state index < -0.39 is 37.2 Å². The zero-order valence-electron chi connectivity index (χ0n) is 15.8. The number of hydrogen-bond donors (Lipinski definition) is 7. The predicted molar refractivity (Wildman–Crippen MR) is 135 cm³/mol. The molecule has 0 spiro atoms. The normalized spacial score (nSPS) is 12.8. The zero-order valence-corrected chi connectivity index (χ0v) is 22.3. The van der Waals surface area contributed by atoms with Crippen molar-refractivity contribution in [3.05, 3.63) is 21.8 Å². The Kier molecular flexibility index (Phi) is 12.2. The first-order valence-corrected chi connectivity index (χ1v) is 11.9. The van der Waals surface area contributed by atoms with Crippen LogP contribution in [0.15, 0.2) is 0 Å². The maximum absolute atomic E-state index is 12.8. The van der Waals surface area contributed by atoms with Crippen molar-refractivity contribution in [2.24, 2.45) is 0 Å². The zero-order chi connectivity index (χ0) is 23.0. The first-order chi connectivity index (χ1) is 14.0. The third-order valence-electron chi connectivity index (χ3n) is 3.70. The number of carbonyl (C=O) groups is 3. The van der Waals surface area contributed by atoms with Gasteiger partial charge in [-0.1, -0.05) is 0 Å². The summed E-state index contributed by atoms with van der Waals surface area (Å²) in [4.78, 5) is 37.0.